The summed E-state index contributed by atoms with van der Waals surface area (Å²) < 4.78 is 54.3. The van der Waals surface area contributed by atoms with Gasteiger partial charge in [0.1, 0.15) is 29.7 Å². The molecule has 0 radical (unpaired) electrons. The molecule has 236 valence electrons. The minimum atomic E-state index is -4.89. The lowest BCUT2D eigenvalue weighted by atomic mass is 9.97. The van der Waals surface area contributed by atoms with Crippen molar-refractivity contribution in [3.63, 3.8) is 0 Å². The van der Waals surface area contributed by atoms with Crippen molar-refractivity contribution in [3.8, 4) is 23.1 Å². The lowest BCUT2D eigenvalue weighted by Crippen LogP contribution is -2.30. The standard InChI is InChI=1S/C34H35F3N4O4/c1-21-6-7-25(22(2)16-21)20-41-31(18-29(34(35,36)37)28(19-38)32(41)42)24-8-10-26(11-9-24)45-27-12-13-30(23(3)17-27)39-33(43)44-15-14-40(4)5/h6-13,16,18,23H,14-15,17,20H2,1-5H3,(H,39,43). The van der Waals surface area contributed by atoms with E-state index >= 15 is 0 Å². The molecule has 3 aromatic rings. The van der Waals surface area contributed by atoms with E-state index in [0.29, 0.717) is 35.7 Å². The Labute approximate surface area is 260 Å². The summed E-state index contributed by atoms with van der Waals surface area (Å²) in [6, 6.07) is 14.3. The van der Waals surface area contributed by atoms with Crippen molar-refractivity contribution in [1.82, 2.24) is 14.8 Å². The lowest BCUT2D eigenvalue weighted by Gasteiger charge is -2.22. The largest absolute Gasteiger partial charge is 0.462 e. The average molecular weight is 621 g/mol. The van der Waals surface area contributed by atoms with Crippen molar-refractivity contribution in [2.45, 2.75) is 39.9 Å². The zero-order valence-electron chi connectivity index (χ0n) is 25.8. The number of pyridine rings is 1. The van der Waals surface area contributed by atoms with E-state index in [1.807, 2.05) is 58.0 Å². The maximum atomic E-state index is 14.0. The molecule has 1 aliphatic carbocycles. The number of nitrogens with zero attached hydrogens (tertiary/aromatic N) is 3. The van der Waals surface area contributed by atoms with Gasteiger partial charge >= 0.3 is 12.3 Å². The van der Waals surface area contributed by atoms with Crippen LogP contribution in [-0.4, -0.2) is 42.8 Å². The smallest absolute Gasteiger partial charge is 0.417 e. The molecule has 1 heterocycles. The van der Waals surface area contributed by atoms with Gasteiger partial charge in [-0.05, 0) is 87.1 Å². The molecule has 1 atom stereocenters. The van der Waals surface area contributed by atoms with Crippen LogP contribution in [0.5, 0.6) is 5.75 Å². The molecule has 1 aliphatic rings. The number of nitriles is 1. The van der Waals surface area contributed by atoms with Crippen LogP contribution in [0.4, 0.5) is 18.0 Å². The summed E-state index contributed by atoms with van der Waals surface area (Å²) in [5.41, 5.74) is 0.460. The molecule has 0 aliphatic heterocycles. The van der Waals surface area contributed by atoms with E-state index in [4.69, 9.17) is 9.47 Å². The van der Waals surface area contributed by atoms with Gasteiger partial charge in [0.2, 0.25) is 0 Å². The van der Waals surface area contributed by atoms with Crippen molar-refractivity contribution < 1.29 is 27.4 Å². The highest BCUT2D eigenvalue weighted by molar-refractivity contribution is 5.70. The van der Waals surface area contributed by atoms with Crippen LogP contribution in [0.2, 0.25) is 0 Å². The van der Waals surface area contributed by atoms with Gasteiger partial charge in [-0.1, -0.05) is 30.7 Å². The number of hydrogen-bond donors (Lipinski definition) is 1. The molecule has 0 saturated carbocycles. The Kier molecular flexibility index (Phi) is 10.2. The first-order chi connectivity index (χ1) is 21.3. The first kappa shape index (κ1) is 33.1. The average Bonchev–Trinajstić information content (AvgIpc) is 2.96. The van der Waals surface area contributed by atoms with Crippen LogP contribution in [-0.2, 0) is 17.5 Å². The molecular weight excluding hydrogens is 585 g/mol. The van der Waals surface area contributed by atoms with Crippen molar-refractivity contribution in [2.75, 3.05) is 27.2 Å². The normalized spacial score (nSPS) is 14.8. The molecule has 0 fully saturated rings. The second-order valence-corrected chi connectivity index (χ2v) is 11.3. The Hall–Kier alpha value is -4.82. The summed E-state index contributed by atoms with van der Waals surface area (Å²) in [6.45, 7) is 6.58. The molecule has 1 unspecified atom stereocenters. The number of allylic oxidation sites excluding steroid dienone is 4. The summed E-state index contributed by atoms with van der Waals surface area (Å²) in [5, 5.41) is 12.3. The van der Waals surface area contributed by atoms with Gasteiger partial charge in [0.25, 0.3) is 5.56 Å². The third kappa shape index (κ3) is 8.22. The van der Waals surface area contributed by atoms with E-state index in [1.54, 1.807) is 36.4 Å². The monoisotopic (exact) mass is 620 g/mol. The number of carbonyl (C=O) groups excluding carboxylic acids is 1. The van der Waals surface area contributed by atoms with Crippen molar-refractivity contribution in [1.29, 1.82) is 5.26 Å². The molecule has 2 aromatic carbocycles. The quantitative estimate of drug-likeness (QED) is 0.292. The van der Waals surface area contributed by atoms with E-state index in [0.717, 1.165) is 22.8 Å². The maximum Gasteiger partial charge on any atom is 0.417 e. The van der Waals surface area contributed by atoms with Crippen molar-refractivity contribution in [3.05, 3.63) is 110 Å². The molecule has 0 bridgehead atoms. The third-order valence-electron chi connectivity index (χ3n) is 7.45. The number of benzene rings is 2. The van der Waals surface area contributed by atoms with Gasteiger partial charge in [0, 0.05) is 24.6 Å². The number of alkyl halides is 3. The van der Waals surface area contributed by atoms with Crippen molar-refractivity contribution in [2.24, 2.45) is 5.92 Å². The highest BCUT2D eigenvalue weighted by Gasteiger charge is 2.36. The van der Waals surface area contributed by atoms with E-state index in [1.165, 1.54) is 10.6 Å². The maximum absolute atomic E-state index is 14.0. The highest BCUT2D eigenvalue weighted by atomic mass is 19.4. The molecule has 11 heteroatoms. The number of ether oxygens (including phenoxy) is 2. The predicted molar refractivity (Wildman–Crippen MR) is 164 cm³/mol. The summed E-state index contributed by atoms with van der Waals surface area (Å²) in [4.78, 5) is 27.4. The van der Waals surface area contributed by atoms with E-state index in [2.05, 4.69) is 5.32 Å². The zero-order chi connectivity index (χ0) is 32.9. The molecule has 1 N–H and O–H groups in total. The fourth-order valence-corrected chi connectivity index (χ4v) is 4.95. The summed E-state index contributed by atoms with van der Waals surface area (Å²) in [5.74, 6) is 1.01. The van der Waals surface area contributed by atoms with Gasteiger partial charge in [-0.3, -0.25) is 10.1 Å². The molecule has 4 rings (SSSR count). The topological polar surface area (TPSA) is 96.6 Å². The Morgan fingerprint density at radius 2 is 1.82 bits per heavy atom. The van der Waals surface area contributed by atoms with Gasteiger partial charge in [0.05, 0.1) is 17.8 Å². The third-order valence-corrected chi connectivity index (χ3v) is 7.45. The number of halogens is 3. The van der Waals surface area contributed by atoms with Gasteiger partial charge in [-0.15, -0.1) is 0 Å². The van der Waals surface area contributed by atoms with Crippen LogP contribution in [0.25, 0.3) is 11.3 Å². The van der Waals surface area contributed by atoms with Crippen LogP contribution in [0.1, 0.15) is 41.2 Å². The van der Waals surface area contributed by atoms with Crippen LogP contribution >= 0.6 is 0 Å². The van der Waals surface area contributed by atoms with Gasteiger partial charge in [-0.2, -0.15) is 18.4 Å². The second-order valence-electron chi connectivity index (χ2n) is 11.3. The van der Waals surface area contributed by atoms with Gasteiger partial charge in [0.15, 0.2) is 0 Å². The van der Waals surface area contributed by atoms with Crippen molar-refractivity contribution >= 4 is 6.09 Å². The first-order valence-corrected chi connectivity index (χ1v) is 14.4. The SMILES string of the molecule is Cc1ccc(Cn2c(-c3ccc(OC4=CC=C(NC(=O)OCCN(C)C)C(C)C4)cc3)cc(C(F)(F)F)c(C#N)c2=O)c(C)c1. The number of rotatable bonds is 9. The number of hydrogen-bond acceptors (Lipinski definition) is 6. The predicted octanol–water partition coefficient (Wildman–Crippen LogP) is 6.55. The minimum Gasteiger partial charge on any atom is -0.462 e. The second kappa shape index (κ2) is 13.9. The number of carbonyl (C=O) groups is 1. The fourth-order valence-electron chi connectivity index (χ4n) is 4.95. The van der Waals surface area contributed by atoms with E-state index < -0.39 is 29.0 Å². The summed E-state index contributed by atoms with van der Waals surface area (Å²) >= 11 is 0. The number of likely N-dealkylation sites (N-methyl/N-ethyl adjacent to an activating group) is 1. The highest BCUT2D eigenvalue weighted by Crippen LogP contribution is 2.35. The molecule has 1 amide bonds. The Morgan fingerprint density at radius 1 is 1.11 bits per heavy atom. The number of alkyl carbamates (subject to hydrolysis) is 1. The minimum absolute atomic E-state index is 0.0119. The molecule has 0 spiro atoms. The molecule has 1 aromatic heterocycles. The Balaban J connectivity index is 1.60. The van der Waals surface area contributed by atoms with Gasteiger partial charge in [-0.25, -0.2) is 4.79 Å². The molecule has 8 nitrogen and oxygen atoms in total. The summed E-state index contributed by atoms with van der Waals surface area (Å²) in [7, 11) is 3.77. The van der Waals surface area contributed by atoms with E-state index in [-0.39, 0.29) is 24.8 Å². The number of nitrogens with one attached hydrogen (secondary N) is 1. The number of aromatic nitrogens is 1. The van der Waals surface area contributed by atoms with Crippen LogP contribution < -0.4 is 15.6 Å². The Morgan fingerprint density at radius 3 is 2.42 bits per heavy atom. The van der Waals surface area contributed by atoms with E-state index in [9.17, 15) is 28.0 Å². The molecular formula is C34H35F3N4O4. The fraction of sp³-hybridized carbons (Fsp3) is 0.324. The van der Waals surface area contributed by atoms with Crippen LogP contribution in [0.15, 0.2) is 76.9 Å². The van der Waals surface area contributed by atoms with Gasteiger partial charge < -0.3 is 18.9 Å². The van der Waals surface area contributed by atoms with Crippen LogP contribution in [0.3, 0.4) is 0 Å². The first-order valence-electron chi connectivity index (χ1n) is 14.4. The molecule has 45 heavy (non-hydrogen) atoms. The molecule has 0 saturated heterocycles. The lowest BCUT2D eigenvalue weighted by molar-refractivity contribution is -0.137. The number of aryl methyl sites for hydroxylation is 2. The Bertz CT molecular complexity index is 1730. The zero-order valence-corrected chi connectivity index (χ0v) is 25.8. The number of amides is 1. The summed E-state index contributed by atoms with van der Waals surface area (Å²) in [6.07, 6.45) is -1.45. The van der Waals surface area contributed by atoms with Crippen LogP contribution in [0, 0.1) is 31.1 Å².